The number of carbonyl (C=O) groups excluding carboxylic acids is 1. The molecule has 8 nitrogen and oxygen atoms in total. The zero-order valence-electron chi connectivity index (χ0n) is 21.7. The summed E-state index contributed by atoms with van der Waals surface area (Å²) in [4.78, 5) is 22.1. The minimum atomic E-state index is -0.811. The van der Waals surface area contributed by atoms with Crippen LogP contribution in [0.25, 0.3) is 0 Å². The zero-order valence-corrected chi connectivity index (χ0v) is 21.7. The molecule has 37 heavy (non-hydrogen) atoms. The molecule has 0 amide bonds. The summed E-state index contributed by atoms with van der Waals surface area (Å²) in [5.41, 5.74) is 3.78. The van der Waals surface area contributed by atoms with Gasteiger partial charge in [-0.2, -0.15) is 5.26 Å². The van der Waals surface area contributed by atoms with Crippen molar-refractivity contribution < 1.29 is 14.3 Å². The van der Waals surface area contributed by atoms with E-state index >= 15 is 0 Å². The SMILES string of the molecule is COc1ccc(C2C3=C(CC(C)(C)CC3=O)N(c3cccnc3)C(=N)C2C#N)cc1CN1CCOCC1. The van der Waals surface area contributed by atoms with Crippen molar-refractivity contribution in [1.29, 1.82) is 10.7 Å². The minimum absolute atomic E-state index is 0.0448. The van der Waals surface area contributed by atoms with Crippen molar-refractivity contribution in [3.05, 3.63) is 65.1 Å². The first-order chi connectivity index (χ1) is 17.8. The Balaban J connectivity index is 1.65. The molecule has 0 spiro atoms. The monoisotopic (exact) mass is 499 g/mol. The average Bonchev–Trinajstić information content (AvgIpc) is 2.88. The molecule has 0 radical (unpaired) electrons. The van der Waals surface area contributed by atoms with E-state index in [1.165, 1.54) is 0 Å². The number of ketones is 1. The Kier molecular flexibility index (Phi) is 6.84. The van der Waals surface area contributed by atoms with Crippen LogP contribution in [0.4, 0.5) is 5.69 Å². The second-order valence-electron chi connectivity index (χ2n) is 10.8. The molecule has 3 heterocycles. The second kappa shape index (κ2) is 10.1. The van der Waals surface area contributed by atoms with Crippen LogP contribution in [0.1, 0.15) is 43.7 Å². The number of allylic oxidation sites excluding steroid dienone is 2. The van der Waals surface area contributed by atoms with Gasteiger partial charge < -0.3 is 9.47 Å². The van der Waals surface area contributed by atoms with Crippen molar-refractivity contribution >= 4 is 17.3 Å². The first-order valence-electron chi connectivity index (χ1n) is 12.7. The maximum absolute atomic E-state index is 13.8. The van der Waals surface area contributed by atoms with Crippen LogP contribution in [0, 0.1) is 28.1 Å². The molecule has 1 aromatic heterocycles. The number of anilines is 1. The summed E-state index contributed by atoms with van der Waals surface area (Å²) in [7, 11) is 1.66. The molecule has 2 unspecified atom stereocenters. The number of carbonyl (C=O) groups is 1. The van der Waals surface area contributed by atoms with Gasteiger partial charge in [0.25, 0.3) is 0 Å². The van der Waals surface area contributed by atoms with Crippen LogP contribution in [0.3, 0.4) is 0 Å². The summed E-state index contributed by atoms with van der Waals surface area (Å²) in [6, 6.07) is 12.0. The molecule has 192 valence electrons. The van der Waals surface area contributed by atoms with Crippen LogP contribution in [-0.2, 0) is 16.1 Å². The summed E-state index contributed by atoms with van der Waals surface area (Å²) in [5, 5.41) is 19.5. The highest BCUT2D eigenvalue weighted by molar-refractivity contribution is 6.10. The number of aromatic nitrogens is 1. The fourth-order valence-corrected chi connectivity index (χ4v) is 5.85. The quantitative estimate of drug-likeness (QED) is 0.655. The lowest BCUT2D eigenvalue weighted by Crippen LogP contribution is -2.48. The number of pyridine rings is 1. The number of amidine groups is 1. The van der Waals surface area contributed by atoms with E-state index in [1.807, 2.05) is 24.3 Å². The molecule has 0 saturated carbocycles. The van der Waals surface area contributed by atoms with Gasteiger partial charge in [-0.1, -0.05) is 26.0 Å². The molecule has 8 heteroatoms. The molecule has 1 saturated heterocycles. The van der Waals surface area contributed by atoms with Crippen molar-refractivity contribution in [1.82, 2.24) is 9.88 Å². The number of hydrogen-bond donors (Lipinski definition) is 1. The number of hydrogen-bond acceptors (Lipinski definition) is 7. The Morgan fingerprint density at radius 3 is 2.70 bits per heavy atom. The van der Waals surface area contributed by atoms with Crippen LogP contribution in [-0.4, -0.2) is 54.9 Å². The highest BCUT2D eigenvalue weighted by atomic mass is 16.5. The standard InChI is InChI=1S/C29H33N5O3/c1-29(2)14-23-27(24(35)15-29)26(22(16-30)28(31)34(23)21-5-4-8-32-17-21)19-6-7-25(36-3)20(13-19)18-33-9-11-37-12-10-33/h4-8,13,17,22,26,31H,9-12,14-15,18H2,1-3H3. The van der Waals surface area contributed by atoms with Gasteiger partial charge in [0.2, 0.25) is 0 Å². The molecule has 2 atom stereocenters. The Labute approximate surface area is 218 Å². The smallest absolute Gasteiger partial charge is 0.161 e. The number of nitrogens with one attached hydrogen (secondary N) is 1. The van der Waals surface area contributed by atoms with E-state index in [1.54, 1.807) is 24.4 Å². The third kappa shape index (κ3) is 4.77. The number of Topliss-reactive ketones (excluding diaryl/α,β-unsaturated/α-hetero) is 1. The lowest BCUT2D eigenvalue weighted by molar-refractivity contribution is -0.118. The lowest BCUT2D eigenvalue weighted by atomic mass is 9.66. The van der Waals surface area contributed by atoms with E-state index < -0.39 is 11.8 Å². The molecule has 1 aromatic carbocycles. The van der Waals surface area contributed by atoms with Gasteiger partial charge in [-0.25, -0.2) is 0 Å². The van der Waals surface area contributed by atoms with Gasteiger partial charge in [0.1, 0.15) is 17.5 Å². The molecule has 1 aliphatic carbocycles. The molecule has 1 N–H and O–H groups in total. The maximum atomic E-state index is 13.8. The minimum Gasteiger partial charge on any atom is -0.496 e. The predicted molar refractivity (Wildman–Crippen MR) is 140 cm³/mol. The van der Waals surface area contributed by atoms with Crippen LogP contribution in [0.5, 0.6) is 5.75 Å². The Morgan fingerprint density at radius 2 is 2.03 bits per heavy atom. The summed E-state index contributed by atoms with van der Waals surface area (Å²) < 4.78 is 11.2. The van der Waals surface area contributed by atoms with E-state index in [0.717, 1.165) is 35.7 Å². The van der Waals surface area contributed by atoms with Gasteiger partial charge in [-0.05, 0) is 35.6 Å². The molecule has 3 aliphatic rings. The number of benzene rings is 1. The van der Waals surface area contributed by atoms with Crippen LogP contribution in [0.15, 0.2) is 54.0 Å². The Morgan fingerprint density at radius 1 is 1.24 bits per heavy atom. The van der Waals surface area contributed by atoms with Gasteiger partial charge in [0.05, 0.1) is 38.3 Å². The third-order valence-corrected chi connectivity index (χ3v) is 7.55. The maximum Gasteiger partial charge on any atom is 0.161 e. The lowest BCUT2D eigenvalue weighted by Gasteiger charge is -2.45. The predicted octanol–water partition coefficient (Wildman–Crippen LogP) is 4.29. The van der Waals surface area contributed by atoms with Gasteiger partial charge in [-0.3, -0.25) is 25.0 Å². The van der Waals surface area contributed by atoms with Crippen LogP contribution < -0.4 is 9.64 Å². The number of ether oxygens (including phenoxy) is 2. The van der Waals surface area contributed by atoms with E-state index in [4.69, 9.17) is 14.9 Å². The number of rotatable bonds is 5. The van der Waals surface area contributed by atoms with Crippen molar-refractivity contribution in [3.63, 3.8) is 0 Å². The van der Waals surface area contributed by atoms with E-state index in [2.05, 4.69) is 35.9 Å². The first-order valence-corrected chi connectivity index (χ1v) is 12.7. The molecule has 2 aliphatic heterocycles. The highest BCUT2D eigenvalue weighted by Gasteiger charge is 2.48. The Bertz CT molecular complexity index is 1270. The summed E-state index contributed by atoms with van der Waals surface area (Å²) in [5.74, 6) is -0.331. The van der Waals surface area contributed by atoms with Crippen molar-refractivity contribution in [2.45, 2.75) is 39.2 Å². The fourth-order valence-electron chi connectivity index (χ4n) is 5.85. The number of nitrogens with zero attached hydrogens (tertiary/aromatic N) is 4. The number of methoxy groups -OCH3 is 1. The number of morpholine rings is 1. The van der Waals surface area contributed by atoms with E-state index in [-0.39, 0.29) is 17.0 Å². The third-order valence-electron chi connectivity index (χ3n) is 7.55. The molecular formula is C29H33N5O3. The van der Waals surface area contributed by atoms with Gasteiger partial charge in [0, 0.05) is 55.0 Å². The van der Waals surface area contributed by atoms with Crippen LogP contribution in [0.2, 0.25) is 0 Å². The fraction of sp³-hybridized carbons (Fsp3) is 0.448. The molecule has 0 bridgehead atoms. The van der Waals surface area contributed by atoms with Crippen molar-refractivity contribution in [2.24, 2.45) is 11.3 Å². The summed E-state index contributed by atoms with van der Waals surface area (Å²) >= 11 is 0. The largest absolute Gasteiger partial charge is 0.496 e. The first kappa shape index (κ1) is 25.1. The molecular weight excluding hydrogens is 466 g/mol. The highest BCUT2D eigenvalue weighted by Crippen LogP contribution is 2.50. The van der Waals surface area contributed by atoms with Gasteiger partial charge >= 0.3 is 0 Å². The topological polar surface area (TPSA) is 103 Å². The summed E-state index contributed by atoms with van der Waals surface area (Å²) in [6.45, 7) is 7.93. The average molecular weight is 500 g/mol. The van der Waals surface area contributed by atoms with Crippen LogP contribution >= 0.6 is 0 Å². The normalized spacial score (nSPS) is 24.0. The van der Waals surface area contributed by atoms with E-state index in [9.17, 15) is 10.1 Å². The van der Waals surface area contributed by atoms with E-state index in [0.29, 0.717) is 43.9 Å². The van der Waals surface area contributed by atoms with Crippen molar-refractivity contribution in [2.75, 3.05) is 38.3 Å². The molecule has 1 fully saturated rings. The second-order valence-corrected chi connectivity index (χ2v) is 10.8. The number of nitriles is 1. The molecule has 5 rings (SSSR count). The van der Waals surface area contributed by atoms with Crippen molar-refractivity contribution in [3.8, 4) is 11.8 Å². The van der Waals surface area contributed by atoms with Gasteiger partial charge in [-0.15, -0.1) is 0 Å². The molecule has 2 aromatic rings. The summed E-state index contributed by atoms with van der Waals surface area (Å²) in [6.07, 6.45) is 4.41. The zero-order chi connectivity index (χ0) is 26.2. The Hall–Kier alpha value is -3.54. The van der Waals surface area contributed by atoms with Gasteiger partial charge in [0.15, 0.2) is 5.78 Å².